The van der Waals surface area contributed by atoms with E-state index in [-0.39, 0.29) is 5.69 Å². The molecule has 0 radical (unpaired) electrons. The van der Waals surface area contributed by atoms with Crippen molar-refractivity contribution < 1.29 is 14.5 Å². The first-order valence-electron chi connectivity index (χ1n) is 5.06. The minimum Gasteiger partial charge on any atom is -0.481 e. The Kier molecular flexibility index (Phi) is 4.45. The van der Waals surface area contributed by atoms with Gasteiger partial charge in [0.1, 0.15) is 5.75 Å². The number of nitro groups is 1. The standard InChI is InChI=1S/C11H12ClNO4/c1-3-10(11(12)14)17-8-4-5-9(13(15)16)7(2)6-8/h4-6,10H,3H2,1-2H3. The van der Waals surface area contributed by atoms with E-state index >= 15 is 0 Å². The maximum Gasteiger partial charge on any atom is 0.272 e. The fraction of sp³-hybridized carbons (Fsp3) is 0.364. The van der Waals surface area contributed by atoms with Crippen molar-refractivity contribution in [1.82, 2.24) is 0 Å². The molecular weight excluding hydrogens is 246 g/mol. The van der Waals surface area contributed by atoms with Gasteiger partial charge in [-0.1, -0.05) is 6.92 Å². The lowest BCUT2D eigenvalue weighted by molar-refractivity contribution is -0.385. The second kappa shape index (κ2) is 5.63. The van der Waals surface area contributed by atoms with Gasteiger partial charge in [0.05, 0.1) is 4.92 Å². The summed E-state index contributed by atoms with van der Waals surface area (Å²) < 4.78 is 5.34. The van der Waals surface area contributed by atoms with Crippen LogP contribution in [0.1, 0.15) is 18.9 Å². The van der Waals surface area contributed by atoms with Crippen LogP contribution in [0.15, 0.2) is 18.2 Å². The van der Waals surface area contributed by atoms with E-state index in [4.69, 9.17) is 16.3 Å². The number of nitro benzene ring substituents is 1. The van der Waals surface area contributed by atoms with Crippen molar-refractivity contribution in [2.45, 2.75) is 26.4 Å². The van der Waals surface area contributed by atoms with E-state index in [1.54, 1.807) is 13.8 Å². The molecule has 5 nitrogen and oxygen atoms in total. The summed E-state index contributed by atoms with van der Waals surface area (Å²) in [4.78, 5) is 21.1. The summed E-state index contributed by atoms with van der Waals surface area (Å²) >= 11 is 5.34. The third-order valence-corrected chi connectivity index (χ3v) is 2.51. The summed E-state index contributed by atoms with van der Waals surface area (Å²) in [5, 5.41) is 10.0. The predicted molar refractivity (Wildman–Crippen MR) is 63.4 cm³/mol. The largest absolute Gasteiger partial charge is 0.481 e. The number of aryl methyl sites for hydroxylation is 1. The zero-order valence-corrected chi connectivity index (χ0v) is 10.2. The van der Waals surface area contributed by atoms with Crippen molar-refractivity contribution in [3.05, 3.63) is 33.9 Å². The molecule has 1 rings (SSSR count). The van der Waals surface area contributed by atoms with E-state index in [2.05, 4.69) is 0 Å². The average Bonchev–Trinajstić information content (AvgIpc) is 2.24. The topological polar surface area (TPSA) is 69.4 Å². The molecule has 6 heteroatoms. The van der Waals surface area contributed by atoms with Gasteiger partial charge >= 0.3 is 0 Å². The summed E-state index contributed by atoms with van der Waals surface area (Å²) in [5.74, 6) is 0.397. The van der Waals surface area contributed by atoms with Crippen LogP contribution in [-0.4, -0.2) is 16.3 Å². The van der Waals surface area contributed by atoms with Gasteiger partial charge in [-0.05, 0) is 37.1 Å². The first-order valence-corrected chi connectivity index (χ1v) is 5.44. The molecule has 0 saturated heterocycles. The fourth-order valence-corrected chi connectivity index (χ4v) is 1.56. The van der Waals surface area contributed by atoms with Crippen molar-refractivity contribution in [3.63, 3.8) is 0 Å². The van der Waals surface area contributed by atoms with Crippen LogP contribution < -0.4 is 4.74 Å². The molecule has 0 spiro atoms. The van der Waals surface area contributed by atoms with Gasteiger partial charge in [-0.3, -0.25) is 14.9 Å². The van der Waals surface area contributed by atoms with Crippen molar-refractivity contribution in [2.75, 3.05) is 0 Å². The Morgan fingerprint density at radius 1 is 1.59 bits per heavy atom. The van der Waals surface area contributed by atoms with Crippen LogP contribution in [0.5, 0.6) is 5.75 Å². The number of hydrogen-bond donors (Lipinski definition) is 0. The lowest BCUT2D eigenvalue weighted by Crippen LogP contribution is -2.22. The van der Waals surface area contributed by atoms with Gasteiger partial charge in [0.2, 0.25) is 0 Å². The highest BCUT2D eigenvalue weighted by atomic mass is 35.5. The maximum absolute atomic E-state index is 11.0. The molecule has 0 bridgehead atoms. The lowest BCUT2D eigenvalue weighted by Gasteiger charge is -2.13. The monoisotopic (exact) mass is 257 g/mol. The number of nitrogens with zero attached hydrogens (tertiary/aromatic N) is 1. The highest BCUT2D eigenvalue weighted by Crippen LogP contribution is 2.24. The van der Waals surface area contributed by atoms with Crippen LogP contribution in [0.25, 0.3) is 0 Å². The molecule has 0 heterocycles. The van der Waals surface area contributed by atoms with E-state index in [0.29, 0.717) is 17.7 Å². The van der Waals surface area contributed by atoms with Crippen LogP contribution in [0, 0.1) is 17.0 Å². The van der Waals surface area contributed by atoms with Gasteiger partial charge in [-0.2, -0.15) is 0 Å². The highest BCUT2D eigenvalue weighted by Gasteiger charge is 2.17. The number of hydrogen-bond acceptors (Lipinski definition) is 4. The molecule has 0 aliphatic carbocycles. The quantitative estimate of drug-likeness (QED) is 0.462. The minimum atomic E-state index is -0.725. The molecule has 1 aromatic rings. The smallest absolute Gasteiger partial charge is 0.272 e. The van der Waals surface area contributed by atoms with E-state index in [1.807, 2.05) is 0 Å². The molecule has 1 atom stereocenters. The first-order chi connectivity index (χ1) is 7.95. The minimum absolute atomic E-state index is 0.0163. The molecule has 0 aliphatic heterocycles. The lowest BCUT2D eigenvalue weighted by atomic mass is 10.2. The van der Waals surface area contributed by atoms with Gasteiger partial charge in [-0.15, -0.1) is 0 Å². The van der Waals surface area contributed by atoms with Crippen molar-refractivity contribution >= 4 is 22.5 Å². The van der Waals surface area contributed by atoms with Gasteiger partial charge in [0.15, 0.2) is 6.10 Å². The van der Waals surface area contributed by atoms with Crippen molar-refractivity contribution in [2.24, 2.45) is 0 Å². The summed E-state index contributed by atoms with van der Waals surface area (Å²) in [6.07, 6.45) is -0.282. The number of ether oxygens (including phenoxy) is 1. The maximum atomic E-state index is 11.0. The molecule has 92 valence electrons. The average molecular weight is 258 g/mol. The Balaban J connectivity index is 2.90. The van der Waals surface area contributed by atoms with Crippen LogP contribution >= 0.6 is 11.6 Å². The number of rotatable bonds is 5. The molecule has 0 fully saturated rings. The Bertz CT molecular complexity index is 447. The molecule has 0 aliphatic rings. The second-order valence-corrected chi connectivity index (χ2v) is 3.90. The molecule has 0 saturated carbocycles. The first kappa shape index (κ1) is 13.4. The van der Waals surface area contributed by atoms with Crippen LogP contribution in [-0.2, 0) is 4.79 Å². The number of carbonyl (C=O) groups is 1. The van der Waals surface area contributed by atoms with Crippen molar-refractivity contribution in [1.29, 1.82) is 0 Å². The van der Waals surface area contributed by atoms with E-state index in [1.165, 1.54) is 18.2 Å². The molecule has 1 unspecified atom stereocenters. The third-order valence-electron chi connectivity index (χ3n) is 2.27. The third kappa shape index (κ3) is 3.42. The zero-order valence-electron chi connectivity index (χ0n) is 9.47. The van der Waals surface area contributed by atoms with E-state index in [0.717, 1.165) is 0 Å². The summed E-state index contributed by atoms with van der Waals surface area (Å²) in [6, 6.07) is 4.31. The Morgan fingerprint density at radius 2 is 2.24 bits per heavy atom. The number of halogens is 1. The Morgan fingerprint density at radius 3 is 2.65 bits per heavy atom. The van der Waals surface area contributed by atoms with E-state index < -0.39 is 16.3 Å². The van der Waals surface area contributed by atoms with Gasteiger partial charge in [0.25, 0.3) is 10.9 Å². The normalized spacial score (nSPS) is 11.9. The second-order valence-electron chi connectivity index (χ2n) is 3.52. The van der Waals surface area contributed by atoms with E-state index in [9.17, 15) is 14.9 Å². The molecule has 0 aromatic heterocycles. The Labute approximate surface area is 103 Å². The zero-order chi connectivity index (χ0) is 13.0. The highest BCUT2D eigenvalue weighted by molar-refractivity contribution is 6.64. The molecule has 17 heavy (non-hydrogen) atoms. The molecule has 1 aromatic carbocycles. The predicted octanol–water partition coefficient (Wildman–Crippen LogP) is 2.83. The van der Waals surface area contributed by atoms with Crippen molar-refractivity contribution in [3.8, 4) is 5.75 Å². The van der Waals surface area contributed by atoms with Gasteiger partial charge in [-0.25, -0.2) is 0 Å². The summed E-state index contributed by atoms with van der Waals surface area (Å²) in [7, 11) is 0. The van der Waals surface area contributed by atoms with Crippen LogP contribution in [0.3, 0.4) is 0 Å². The van der Waals surface area contributed by atoms with Crippen LogP contribution in [0.4, 0.5) is 5.69 Å². The molecular formula is C11H12ClNO4. The number of carbonyl (C=O) groups excluding carboxylic acids is 1. The fourth-order valence-electron chi connectivity index (χ4n) is 1.36. The van der Waals surface area contributed by atoms with Gasteiger partial charge in [0, 0.05) is 11.6 Å². The van der Waals surface area contributed by atoms with Crippen LogP contribution in [0.2, 0.25) is 0 Å². The summed E-state index contributed by atoms with van der Waals surface area (Å²) in [6.45, 7) is 3.37. The summed E-state index contributed by atoms with van der Waals surface area (Å²) in [5.41, 5.74) is 0.493. The molecule has 0 amide bonds. The Hall–Kier alpha value is -1.62. The van der Waals surface area contributed by atoms with Gasteiger partial charge < -0.3 is 4.74 Å². The SMILES string of the molecule is CCC(Oc1ccc([N+](=O)[O-])c(C)c1)C(=O)Cl. The molecule has 0 N–H and O–H groups in total. The number of benzene rings is 1.